The van der Waals surface area contributed by atoms with Crippen molar-refractivity contribution in [2.75, 3.05) is 0 Å². The van der Waals surface area contributed by atoms with Gasteiger partial charge in [-0.3, -0.25) is 14.9 Å². The molecule has 0 saturated heterocycles. The lowest BCUT2D eigenvalue weighted by Gasteiger charge is -2.01. The van der Waals surface area contributed by atoms with Gasteiger partial charge in [0.05, 0.1) is 15.1 Å². The van der Waals surface area contributed by atoms with Gasteiger partial charge < -0.3 is 4.57 Å². The monoisotopic (exact) mass is 367 g/mol. The Morgan fingerprint density at radius 3 is 2.85 bits per heavy atom. The Balaban J connectivity index is 1.91. The lowest BCUT2D eigenvalue weighted by molar-refractivity contribution is -0.384. The maximum Gasteiger partial charge on any atom is 0.272 e. The highest BCUT2D eigenvalue weighted by Crippen LogP contribution is 2.17. The zero-order chi connectivity index (χ0) is 18.5. The van der Waals surface area contributed by atoms with Crippen LogP contribution >= 0.6 is 11.3 Å². The molecule has 0 radical (unpaired) electrons. The van der Waals surface area contributed by atoms with Crippen molar-refractivity contribution in [2.45, 2.75) is 19.9 Å². The molecule has 3 rings (SSSR count). The molecule has 0 aliphatic heterocycles. The summed E-state index contributed by atoms with van der Waals surface area (Å²) in [6.07, 6.45) is 3.81. The molecule has 1 aromatic heterocycles. The highest BCUT2D eigenvalue weighted by molar-refractivity contribution is 7.16. The second-order valence-corrected chi connectivity index (χ2v) is 6.65. The number of thiazole rings is 1. The third-order valence-electron chi connectivity index (χ3n) is 3.74. The third-order valence-corrected chi connectivity index (χ3v) is 4.80. The molecule has 3 aromatic rings. The molecule has 0 fully saturated rings. The van der Waals surface area contributed by atoms with Gasteiger partial charge >= 0.3 is 0 Å². The molecule has 0 N–H and O–H groups in total. The first-order chi connectivity index (χ1) is 12.6. The van der Waals surface area contributed by atoms with Crippen LogP contribution in [0.5, 0.6) is 0 Å². The predicted octanol–water partition coefficient (Wildman–Crippen LogP) is 4.16. The first kappa shape index (κ1) is 17.8. The minimum atomic E-state index is -0.464. The van der Waals surface area contributed by atoms with Gasteiger partial charge in [0.25, 0.3) is 11.6 Å². The summed E-state index contributed by atoms with van der Waals surface area (Å²) in [5.41, 5.74) is 1.64. The number of nitro groups is 1. The van der Waals surface area contributed by atoms with Gasteiger partial charge in [0, 0.05) is 24.8 Å². The van der Waals surface area contributed by atoms with Crippen LogP contribution in [-0.2, 0) is 11.3 Å². The molecule has 2 aromatic carbocycles. The molecule has 0 aliphatic carbocycles. The minimum Gasteiger partial charge on any atom is -0.316 e. The van der Waals surface area contributed by atoms with Crippen molar-refractivity contribution in [2.24, 2.45) is 4.99 Å². The summed E-state index contributed by atoms with van der Waals surface area (Å²) >= 11 is 1.47. The van der Waals surface area contributed by atoms with E-state index in [4.69, 9.17) is 0 Å². The first-order valence-electron chi connectivity index (χ1n) is 8.18. The van der Waals surface area contributed by atoms with Crippen molar-refractivity contribution in [3.05, 3.63) is 75.1 Å². The summed E-state index contributed by atoms with van der Waals surface area (Å²) in [5.74, 6) is -0.395. The van der Waals surface area contributed by atoms with Crippen molar-refractivity contribution in [3.63, 3.8) is 0 Å². The molecule has 7 heteroatoms. The summed E-state index contributed by atoms with van der Waals surface area (Å²) in [4.78, 5) is 27.5. The number of fused-ring (bicyclic) bond motifs is 1. The number of hydrogen-bond acceptors (Lipinski definition) is 4. The quantitative estimate of drug-likeness (QED) is 0.386. The molecule has 0 saturated carbocycles. The number of hydrogen-bond donors (Lipinski definition) is 0. The van der Waals surface area contributed by atoms with Crippen molar-refractivity contribution in [1.82, 2.24) is 4.57 Å². The van der Waals surface area contributed by atoms with E-state index in [0.29, 0.717) is 10.4 Å². The number of amides is 1. The topological polar surface area (TPSA) is 77.5 Å². The molecule has 0 atom stereocenters. The molecule has 132 valence electrons. The number of non-ortho nitro benzene ring substituents is 1. The number of nitro benzene ring substituents is 1. The van der Waals surface area contributed by atoms with Gasteiger partial charge in [-0.1, -0.05) is 42.5 Å². The Morgan fingerprint density at radius 1 is 1.27 bits per heavy atom. The lowest BCUT2D eigenvalue weighted by atomic mass is 10.2. The Bertz CT molecular complexity index is 1060. The fourth-order valence-electron chi connectivity index (χ4n) is 2.59. The van der Waals surface area contributed by atoms with Gasteiger partial charge in [-0.05, 0) is 30.2 Å². The van der Waals surface area contributed by atoms with Crippen LogP contribution in [0.25, 0.3) is 16.3 Å². The smallest absolute Gasteiger partial charge is 0.272 e. The zero-order valence-corrected chi connectivity index (χ0v) is 15.0. The molecule has 1 amide bonds. The van der Waals surface area contributed by atoms with E-state index < -0.39 is 10.8 Å². The van der Waals surface area contributed by atoms with Crippen LogP contribution in [0.15, 0.2) is 59.6 Å². The Kier molecular flexibility index (Phi) is 5.38. The molecular formula is C19H17N3O3S. The summed E-state index contributed by atoms with van der Waals surface area (Å²) in [7, 11) is 0. The van der Waals surface area contributed by atoms with E-state index in [-0.39, 0.29) is 5.69 Å². The van der Waals surface area contributed by atoms with Crippen LogP contribution in [-0.4, -0.2) is 15.4 Å². The second-order valence-electron chi connectivity index (χ2n) is 5.64. The Morgan fingerprint density at radius 2 is 2.08 bits per heavy atom. The number of nitrogens with zero attached hydrogens (tertiary/aromatic N) is 3. The van der Waals surface area contributed by atoms with Gasteiger partial charge in [-0.25, -0.2) is 0 Å². The van der Waals surface area contributed by atoms with Crippen LogP contribution in [0.3, 0.4) is 0 Å². The third kappa shape index (κ3) is 3.94. The van der Waals surface area contributed by atoms with E-state index in [0.717, 1.165) is 23.2 Å². The first-order valence-corrected chi connectivity index (χ1v) is 8.99. The summed E-state index contributed by atoms with van der Waals surface area (Å²) in [6, 6.07) is 14.1. The van der Waals surface area contributed by atoms with Crippen molar-refractivity contribution in [1.29, 1.82) is 0 Å². The van der Waals surface area contributed by atoms with Crippen molar-refractivity contribution in [3.8, 4) is 0 Å². The fraction of sp³-hybridized carbons (Fsp3) is 0.158. The molecule has 0 bridgehead atoms. The maximum atomic E-state index is 12.2. The number of aryl methyl sites for hydroxylation is 1. The lowest BCUT2D eigenvalue weighted by Crippen LogP contribution is -2.16. The number of benzene rings is 2. The standard InChI is InChI=1S/C19H17N3O3S/c1-2-12-21-16-8-3-4-9-17(16)26-19(21)20-18(23)11-10-14-6-5-7-15(13-14)22(24)25/h3-11,13H,2,12H2,1H3/b11-10+,20-19?. The number of aromatic nitrogens is 1. The van der Waals surface area contributed by atoms with E-state index in [9.17, 15) is 14.9 Å². The highest BCUT2D eigenvalue weighted by Gasteiger charge is 2.06. The average molecular weight is 367 g/mol. The SMILES string of the molecule is CCCn1c(=NC(=O)/C=C/c2cccc([N+](=O)[O-])c2)sc2ccccc21. The number of carbonyl (C=O) groups is 1. The number of para-hydroxylation sites is 1. The summed E-state index contributed by atoms with van der Waals surface area (Å²) in [5, 5.41) is 10.8. The van der Waals surface area contributed by atoms with E-state index in [1.54, 1.807) is 12.1 Å². The molecule has 1 heterocycles. The molecule has 0 spiro atoms. The second kappa shape index (κ2) is 7.88. The summed E-state index contributed by atoms with van der Waals surface area (Å²) < 4.78 is 3.12. The largest absolute Gasteiger partial charge is 0.316 e. The van der Waals surface area contributed by atoms with Gasteiger partial charge in [0.15, 0.2) is 4.80 Å². The van der Waals surface area contributed by atoms with Gasteiger partial charge in [0.2, 0.25) is 0 Å². The zero-order valence-electron chi connectivity index (χ0n) is 14.2. The molecule has 26 heavy (non-hydrogen) atoms. The normalized spacial score (nSPS) is 12.1. The molecule has 6 nitrogen and oxygen atoms in total. The van der Waals surface area contributed by atoms with Crippen LogP contribution in [0.2, 0.25) is 0 Å². The Hall–Kier alpha value is -3.06. The minimum absolute atomic E-state index is 0.0122. The van der Waals surface area contributed by atoms with Crippen LogP contribution in [0.1, 0.15) is 18.9 Å². The van der Waals surface area contributed by atoms with Crippen molar-refractivity contribution >= 4 is 39.2 Å². The summed E-state index contributed by atoms with van der Waals surface area (Å²) in [6.45, 7) is 2.86. The fourth-order valence-corrected chi connectivity index (χ4v) is 3.65. The average Bonchev–Trinajstić information content (AvgIpc) is 2.98. The molecule has 0 unspecified atom stereocenters. The van der Waals surface area contributed by atoms with Gasteiger partial charge in [-0.15, -0.1) is 0 Å². The molecular weight excluding hydrogens is 350 g/mol. The predicted molar refractivity (Wildman–Crippen MR) is 103 cm³/mol. The number of rotatable bonds is 5. The Labute approximate surface area is 153 Å². The molecule has 0 aliphatic rings. The van der Waals surface area contributed by atoms with Crippen molar-refractivity contribution < 1.29 is 9.72 Å². The van der Waals surface area contributed by atoms with E-state index in [2.05, 4.69) is 11.9 Å². The van der Waals surface area contributed by atoms with Gasteiger partial charge in [-0.2, -0.15) is 4.99 Å². The maximum absolute atomic E-state index is 12.2. The van der Waals surface area contributed by atoms with E-state index in [1.807, 2.05) is 28.8 Å². The van der Waals surface area contributed by atoms with Crippen LogP contribution in [0, 0.1) is 10.1 Å². The van der Waals surface area contributed by atoms with Crippen LogP contribution in [0.4, 0.5) is 5.69 Å². The van der Waals surface area contributed by atoms with E-state index >= 15 is 0 Å². The number of carbonyl (C=O) groups excluding carboxylic acids is 1. The van der Waals surface area contributed by atoms with Crippen LogP contribution < -0.4 is 4.80 Å². The highest BCUT2D eigenvalue weighted by atomic mass is 32.1. The van der Waals surface area contributed by atoms with E-state index in [1.165, 1.54) is 35.6 Å². The van der Waals surface area contributed by atoms with Gasteiger partial charge in [0.1, 0.15) is 0 Å².